The van der Waals surface area contributed by atoms with Crippen LogP contribution in [0.2, 0.25) is 0 Å². The van der Waals surface area contributed by atoms with Gasteiger partial charge in [-0.05, 0) is 30.7 Å². The summed E-state index contributed by atoms with van der Waals surface area (Å²) in [7, 11) is 3.98. The summed E-state index contributed by atoms with van der Waals surface area (Å²) in [6, 6.07) is 9.58. The number of aliphatic hydroxyl groups excluding tert-OH is 1. The van der Waals surface area contributed by atoms with Crippen LogP contribution in [-0.2, 0) is 0 Å². The number of carbonyl (C=O) groups excluding carboxylic acids is 1. The van der Waals surface area contributed by atoms with E-state index >= 15 is 0 Å². The van der Waals surface area contributed by atoms with Crippen LogP contribution in [0.1, 0.15) is 17.3 Å². The van der Waals surface area contributed by atoms with Gasteiger partial charge >= 0.3 is 0 Å². The fraction of sp³-hybridized carbons (Fsp3) is 0.294. The van der Waals surface area contributed by atoms with Gasteiger partial charge in [0.05, 0.1) is 12.2 Å². The van der Waals surface area contributed by atoms with Gasteiger partial charge in [-0.25, -0.2) is 0 Å². The third kappa shape index (κ3) is 3.83. The smallest absolute Gasteiger partial charge is 0.253 e. The molecule has 0 radical (unpaired) electrons. The van der Waals surface area contributed by atoms with Crippen LogP contribution in [0.4, 0.5) is 5.69 Å². The average Bonchev–Trinajstić information content (AvgIpc) is 2.54. The van der Waals surface area contributed by atoms with Gasteiger partial charge in [0, 0.05) is 43.8 Å². The zero-order valence-corrected chi connectivity index (χ0v) is 13.1. The minimum absolute atomic E-state index is 0.0924. The van der Waals surface area contributed by atoms with Crippen LogP contribution in [-0.4, -0.2) is 42.7 Å². The highest BCUT2D eigenvalue weighted by Crippen LogP contribution is 2.22. The standard InChI is InChI=1S/C17H21N3O2/c1-12(11-21)19-17(22)15-8-14(9-18-10-15)13-4-6-16(7-5-13)20(2)3/h4-10,12,21H,11H2,1-3H3,(H,19,22). The number of rotatable bonds is 5. The minimum atomic E-state index is -0.282. The molecule has 1 aromatic carbocycles. The molecule has 1 amide bonds. The lowest BCUT2D eigenvalue weighted by Gasteiger charge is -2.13. The first-order valence-electron chi connectivity index (χ1n) is 7.16. The lowest BCUT2D eigenvalue weighted by atomic mass is 10.1. The molecule has 5 heteroatoms. The maximum atomic E-state index is 12.1. The first-order valence-corrected chi connectivity index (χ1v) is 7.16. The average molecular weight is 299 g/mol. The molecule has 2 N–H and O–H groups in total. The summed E-state index contributed by atoms with van der Waals surface area (Å²) in [5, 5.41) is 11.7. The van der Waals surface area contributed by atoms with Crippen molar-refractivity contribution in [3.8, 4) is 11.1 Å². The van der Waals surface area contributed by atoms with Crippen molar-refractivity contribution in [1.82, 2.24) is 10.3 Å². The second-order valence-corrected chi connectivity index (χ2v) is 5.46. The number of amides is 1. The Morgan fingerprint density at radius 3 is 2.50 bits per heavy atom. The van der Waals surface area contributed by atoms with Crippen LogP contribution in [0.3, 0.4) is 0 Å². The van der Waals surface area contributed by atoms with Gasteiger partial charge in [0.25, 0.3) is 5.91 Å². The normalized spacial score (nSPS) is 11.8. The van der Waals surface area contributed by atoms with Gasteiger partial charge in [0.15, 0.2) is 0 Å². The molecule has 1 heterocycles. The SMILES string of the molecule is CC(CO)NC(=O)c1cncc(-c2ccc(N(C)C)cc2)c1. The highest BCUT2D eigenvalue weighted by atomic mass is 16.3. The summed E-state index contributed by atoms with van der Waals surface area (Å²) in [6.45, 7) is 1.65. The van der Waals surface area contributed by atoms with Gasteiger partial charge in [0.1, 0.15) is 0 Å². The molecule has 1 aromatic heterocycles. The maximum Gasteiger partial charge on any atom is 0.253 e. The van der Waals surface area contributed by atoms with Gasteiger partial charge in [0.2, 0.25) is 0 Å². The van der Waals surface area contributed by atoms with E-state index in [2.05, 4.69) is 10.3 Å². The fourth-order valence-electron chi connectivity index (χ4n) is 2.03. The molecule has 0 fully saturated rings. The van der Waals surface area contributed by atoms with Crippen molar-refractivity contribution < 1.29 is 9.90 Å². The monoisotopic (exact) mass is 299 g/mol. The molecule has 0 aliphatic heterocycles. The predicted octanol–water partition coefficient (Wildman–Crippen LogP) is 1.93. The molecule has 0 spiro atoms. The lowest BCUT2D eigenvalue weighted by molar-refractivity contribution is 0.0922. The van der Waals surface area contributed by atoms with Gasteiger partial charge in [-0.15, -0.1) is 0 Å². The fourth-order valence-corrected chi connectivity index (χ4v) is 2.03. The second-order valence-electron chi connectivity index (χ2n) is 5.46. The van der Waals surface area contributed by atoms with Crippen LogP contribution in [0, 0.1) is 0 Å². The topological polar surface area (TPSA) is 65.5 Å². The van der Waals surface area contributed by atoms with Crippen molar-refractivity contribution in [2.45, 2.75) is 13.0 Å². The van der Waals surface area contributed by atoms with Gasteiger partial charge < -0.3 is 15.3 Å². The Bertz CT molecular complexity index is 639. The Balaban J connectivity index is 2.22. The Hall–Kier alpha value is -2.40. The number of nitrogens with one attached hydrogen (secondary N) is 1. The zero-order valence-electron chi connectivity index (χ0n) is 13.1. The number of pyridine rings is 1. The number of benzene rings is 1. The van der Waals surface area contributed by atoms with E-state index in [4.69, 9.17) is 5.11 Å². The molecule has 0 aliphatic rings. The molecule has 1 atom stereocenters. The van der Waals surface area contributed by atoms with E-state index < -0.39 is 0 Å². The van der Waals surface area contributed by atoms with Crippen molar-refractivity contribution in [3.05, 3.63) is 48.3 Å². The Morgan fingerprint density at radius 2 is 1.91 bits per heavy atom. The van der Waals surface area contributed by atoms with Crippen molar-refractivity contribution >= 4 is 11.6 Å². The first kappa shape index (κ1) is 16.0. The van der Waals surface area contributed by atoms with Crippen molar-refractivity contribution in [1.29, 1.82) is 0 Å². The zero-order chi connectivity index (χ0) is 16.1. The number of anilines is 1. The molecule has 2 aromatic rings. The number of carbonyl (C=O) groups is 1. The molecule has 0 saturated carbocycles. The van der Waals surface area contributed by atoms with Gasteiger partial charge in [-0.3, -0.25) is 9.78 Å². The molecule has 2 rings (SSSR count). The molecular formula is C17H21N3O2. The molecule has 1 unspecified atom stereocenters. The van der Waals surface area contributed by atoms with Crippen molar-refractivity contribution in [3.63, 3.8) is 0 Å². The molecule has 5 nitrogen and oxygen atoms in total. The van der Waals surface area contributed by atoms with Crippen LogP contribution in [0.25, 0.3) is 11.1 Å². The van der Waals surface area contributed by atoms with Gasteiger partial charge in [-0.1, -0.05) is 12.1 Å². The lowest BCUT2D eigenvalue weighted by Crippen LogP contribution is -2.35. The van der Waals surface area contributed by atoms with E-state index in [9.17, 15) is 4.79 Å². The number of nitrogens with zero attached hydrogens (tertiary/aromatic N) is 2. The molecular weight excluding hydrogens is 278 g/mol. The van der Waals surface area contributed by atoms with E-state index in [1.807, 2.05) is 43.3 Å². The number of hydrogen-bond acceptors (Lipinski definition) is 4. The summed E-state index contributed by atoms with van der Waals surface area (Å²) in [5.41, 5.74) is 3.48. The summed E-state index contributed by atoms with van der Waals surface area (Å²) < 4.78 is 0. The highest BCUT2D eigenvalue weighted by Gasteiger charge is 2.10. The number of aromatic nitrogens is 1. The quantitative estimate of drug-likeness (QED) is 0.885. The third-order valence-corrected chi connectivity index (χ3v) is 3.37. The molecule has 0 aliphatic carbocycles. The van der Waals surface area contributed by atoms with Crippen LogP contribution in [0.15, 0.2) is 42.7 Å². The largest absolute Gasteiger partial charge is 0.394 e. The third-order valence-electron chi connectivity index (χ3n) is 3.37. The summed E-state index contributed by atoms with van der Waals surface area (Å²) in [6.07, 6.45) is 3.26. The Kier molecular flexibility index (Phi) is 5.12. The van der Waals surface area contributed by atoms with Crippen LogP contribution in [0.5, 0.6) is 0 Å². The van der Waals surface area contributed by atoms with Crippen molar-refractivity contribution in [2.75, 3.05) is 25.6 Å². The Labute approximate surface area is 130 Å². The minimum Gasteiger partial charge on any atom is -0.394 e. The van der Waals surface area contributed by atoms with Gasteiger partial charge in [-0.2, -0.15) is 0 Å². The predicted molar refractivity (Wildman–Crippen MR) is 88.0 cm³/mol. The maximum absolute atomic E-state index is 12.1. The summed E-state index contributed by atoms with van der Waals surface area (Å²) >= 11 is 0. The molecule has 0 saturated heterocycles. The van der Waals surface area contributed by atoms with Crippen molar-refractivity contribution in [2.24, 2.45) is 0 Å². The van der Waals surface area contributed by atoms with E-state index in [0.717, 1.165) is 16.8 Å². The molecule has 22 heavy (non-hydrogen) atoms. The van der Waals surface area contributed by atoms with Crippen LogP contribution >= 0.6 is 0 Å². The first-order chi connectivity index (χ1) is 10.5. The summed E-state index contributed by atoms with van der Waals surface area (Å²) in [4.78, 5) is 18.2. The molecule has 116 valence electrons. The van der Waals surface area contributed by atoms with E-state index in [1.165, 1.54) is 6.20 Å². The number of aliphatic hydroxyl groups is 1. The summed E-state index contributed by atoms with van der Waals surface area (Å²) in [5.74, 6) is -0.235. The second kappa shape index (κ2) is 7.04. The van der Waals surface area contributed by atoms with E-state index in [1.54, 1.807) is 19.2 Å². The number of hydrogen-bond donors (Lipinski definition) is 2. The van der Waals surface area contributed by atoms with E-state index in [0.29, 0.717) is 5.56 Å². The van der Waals surface area contributed by atoms with E-state index in [-0.39, 0.29) is 18.6 Å². The molecule has 0 bridgehead atoms. The van der Waals surface area contributed by atoms with Crippen LogP contribution < -0.4 is 10.2 Å². The Morgan fingerprint density at radius 1 is 1.23 bits per heavy atom. The highest BCUT2D eigenvalue weighted by molar-refractivity contribution is 5.95.